The van der Waals surface area contributed by atoms with Crippen LogP contribution >= 0.6 is 7.60 Å². The first-order valence-electron chi connectivity index (χ1n) is 42.4. The molecule has 4 fully saturated rings. The Morgan fingerprint density at radius 1 is 0.417 bits per heavy atom. The molecule has 0 aliphatic carbocycles. The van der Waals surface area contributed by atoms with E-state index in [4.69, 9.17) is 47.2 Å². The molecule has 0 spiro atoms. The fourth-order valence-electron chi connectivity index (χ4n) is 14.5. The van der Waals surface area contributed by atoms with Gasteiger partial charge in [-0.3, -0.25) is 42.9 Å². The first kappa shape index (κ1) is 103. The van der Waals surface area contributed by atoms with Crippen LogP contribution in [0.15, 0.2) is 0 Å². The van der Waals surface area contributed by atoms with Crippen LogP contribution in [0.2, 0.25) is 0 Å². The second kappa shape index (κ2) is 59.0. The normalized spacial score (nSPS) is 26.8. The second-order valence-electron chi connectivity index (χ2n) is 32.0. The van der Waals surface area contributed by atoms with E-state index in [-0.39, 0.29) is 190 Å². The van der Waals surface area contributed by atoms with E-state index in [0.717, 1.165) is 38.5 Å². The average molecular weight is 1670 g/mol. The van der Waals surface area contributed by atoms with Crippen LogP contribution in [0.1, 0.15) is 245 Å². The minimum absolute atomic E-state index is 0.0246. The number of carbonyl (C=O) groups excluding carboxylic acids is 8. The molecule has 13 N–H and O–H groups in total. The third-order valence-electron chi connectivity index (χ3n) is 21.8. The molecule has 4 heterocycles. The molecule has 18 atom stereocenters. The molecular weight excluding hydrogens is 1530 g/mol. The summed E-state index contributed by atoms with van der Waals surface area (Å²) in [7, 11) is -3.99. The van der Waals surface area contributed by atoms with Crippen molar-refractivity contribution in [2.75, 3.05) is 106 Å². The fourth-order valence-corrected chi connectivity index (χ4v) is 14.9. The van der Waals surface area contributed by atoms with Crippen molar-refractivity contribution in [1.82, 2.24) is 15.5 Å². The van der Waals surface area contributed by atoms with Gasteiger partial charge in [0, 0.05) is 146 Å². The summed E-state index contributed by atoms with van der Waals surface area (Å²) in [6, 6.07) is -0.508. The first-order chi connectivity index (χ1) is 55.0. The van der Waals surface area contributed by atoms with Crippen LogP contribution in [0.3, 0.4) is 0 Å². The van der Waals surface area contributed by atoms with E-state index in [0.29, 0.717) is 129 Å². The zero-order chi connectivity index (χ0) is 84.6. The number of aliphatic hydroxyl groups is 10. The van der Waals surface area contributed by atoms with E-state index in [1.165, 1.54) is 4.90 Å². The van der Waals surface area contributed by atoms with Crippen molar-refractivity contribution in [1.29, 1.82) is 0 Å². The molecule has 115 heavy (non-hydrogen) atoms. The van der Waals surface area contributed by atoms with Crippen LogP contribution in [0, 0.1) is 29.8 Å². The lowest BCUT2D eigenvalue weighted by Gasteiger charge is -2.40. The number of aliphatic hydroxyl groups excluding tert-OH is 10. The van der Waals surface area contributed by atoms with Gasteiger partial charge in [0.05, 0.1) is 96.5 Å². The molecule has 4 aliphatic rings. The van der Waals surface area contributed by atoms with E-state index in [2.05, 4.69) is 17.3 Å². The number of rotatable bonds is 68. The van der Waals surface area contributed by atoms with Crippen molar-refractivity contribution in [2.45, 2.75) is 331 Å². The third kappa shape index (κ3) is 42.5. The van der Waals surface area contributed by atoms with Crippen LogP contribution in [-0.4, -0.2) is 299 Å². The van der Waals surface area contributed by atoms with Crippen LogP contribution in [0.5, 0.6) is 0 Å². The SMILES string of the molecule is [CH2-]P(=O)(O)OC[C@@H]1C[C@@H](O)CN1C(=O)CCCCCCCCCCC(=O)CC(COCCC(=O)CCCCCC(=O)CCCCOC1OC(CO)C(O)C(O)C1C)(COCCC(=O)CCCCCC(=O)CCCCOC1OC(CO)C(O)C(O)C1C)COCCC(=O)NCCCNC(=O)CCCCOC1OC(CO)C(O)C(O)C1C. The van der Waals surface area contributed by atoms with Crippen LogP contribution in [0.4, 0.5) is 0 Å². The number of hydrogen-bond acceptors (Lipinski definition) is 29. The maximum Gasteiger partial charge on any atom is 0.222 e. The number of carbonyl (C=O) groups is 8. The molecule has 3 amide bonds. The van der Waals surface area contributed by atoms with Crippen molar-refractivity contribution in [3.63, 3.8) is 0 Å². The number of unbranched alkanes of at least 4 members (excludes halogenated alkanes) is 14. The van der Waals surface area contributed by atoms with Gasteiger partial charge in [0.2, 0.25) is 17.7 Å². The number of ketones is 5. The molecule has 4 saturated heterocycles. The van der Waals surface area contributed by atoms with E-state index in [1.54, 1.807) is 20.8 Å². The van der Waals surface area contributed by atoms with Gasteiger partial charge in [0.1, 0.15) is 65.5 Å². The number of nitrogens with zero attached hydrogens (tertiary/aromatic N) is 1. The van der Waals surface area contributed by atoms with Gasteiger partial charge in [-0.2, -0.15) is 0 Å². The monoisotopic (exact) mass is 1670 g/mol. The zero-order valence-electron chi connectivity index (χ0n) is 68.7. The molecule has 0 bridgehead atoms. The lowest BCUT2D eigenvalue weighted by molar-refractivity contribution is -0.282. The van der Waals surface area contributed by atoms with Gasteiger partial charge in [-0.1, -0.05) is 72.1 Å². The summed E-state index contributed by atoms with van der Waals surface area (Å²) in [5.41, 5.74) is -1.10. The Labute approximate surface area is 679 Å². The largest absolute Gasteiger partial charge is 0.394 e. The summed E-state index contributed by atoms with van der Waals surface area (Å²) in [4.78, 5) is 116. The van der Waals surface area contributed by atoms with Crippen molar-refractivity contribution >= 4 is 54.2 Å². The topological polar surface area (TPSA) is 496 Å². The number of β-amino-alcohol motifs (C(OH)–C–C–N with tert-alkyl or cyclic N) is 1. The zero-order valence-corrected chi connectivity index (χ0v) is 69.5. The van der Waals surface area contributed by atoms with E-state index < -0.39 is 137 Å². The van der Waals surface area contributed by atoms with Gasteiger partial charge in [-0.25, -0.2) is 6.66 Å². The highest BCUT2D eigenvalue weighted by Crippen LogP contribution is 2.40. The van der Waals surface area contributed by atoms with Crippen LogP contribution < -0.4 is 10.6 Å². The second-order valence-corrected chi connectivity index (χ2v) is 33.5. The number of ether oxygens (including phenoxy) is 9. The molecule has 4 aliphatic heterocycles. The van der Waals surface area contributed by atoms with E-state index >= 15 is 0 Å². The van der Waals surface area contributed by atoms with Crippen molar-refractivity contribution in [3.05, 3.63) is 6.66 Å². The predicted molar refractivity (Wildman–Crippen MR) is 419 cm³/mol. The maximum atomic E-state index is 14.2. The summed E-state index contributed by atoms with van der Waals surface area (Å²) in [5, 5.41) is 106. The predicted octanol–water partition coefficient (Wildman–Crippen LogP) is 4.59. The Bertz CT molecular complexity index is 2570. The van der Waals surface area contributed by atoms with Crippen molar-refractivity contribution in [3.8, 4) is 0 Å². The Morgan fingerprint density at radius 3 is 1.12 bits per heavy atom. The van der Waals surface area contributed by atoms with E-state index in [9.17, 15) is 98.9 Å². The summed E-state index contributed by atoms with van der Waals surface area (Å²) in [6.45, 7) is 7.82. The molecule has 16 unspecified atom stereocenters. The third-order valence-corrected chi connectivity index (χ3v) is 22.4. The van der Waals surface area contributed by atoms with E-state index in [1.807, 2.05) is 0 Å². The van der Waals surface area contributed by atoms with Gasteiger partial charge in [-0.05, 0) is 89.9 Å². The Kier molecular flexibility index (Phi) is 53.1. The molecule has 0 aromatic heterocycles. The van der Waals surface area contributed by atoms with Gasteiger partial charge in [0.15, 0.2) is 26.5 Å². The molecule has 0 aromatic rings. The van der Waals surface area contributed by atoms with Gasteiger partial charge >= 0.3 is 0 Å². The number of amides is 3. The lowest BCUT2D eigenvalue weighted by atomic mass is 9.83. The Balaban J connectivity index is 1.28. The Morgan fingerprint density at radius 2 is 0.739 bits per heavy atom. The summed E-state index contributed by atoms with van der Waals surface area (Å²) in [5.74, 6) is -2.20. The van der Waals surface area contributed by atoms with Gasteiger partial charge < -0.3 is 119 Å². The average Bonchev–Trinajstić information content (AvgIpc) is 1.71. The fraction of sp³-hybridized carbons (Fsp3) is 0.889. The van der Waals surface area contributed by atoms with Gasteiger partial charge in [0.25, 0.3) is 0 Å². The molecular formula is C81H143N3O30P-. The Hall–Kier alpha value is -3.85. The number of likely N-dealkylation sites (tertiary alicyclic amines) is 1. The highest BCUT2D eigenvalue weighted by Gasteiger charge is 2.45. The minimum Gasteiger partial charge on any atom is -0.394 e. The standard InChI is InChI=1S/C81H143N3O30P/c1-56-72(97)75(100)66(49-85)112-78(56)108-40-22-19-30-60(88)26-14-11-16-28-62(90)35-43-105-53-81(47-64(92)32-13-9-7-5-6-8-10-18-34-71(96)84-48-65(93)46-59(84)52-111-115(4,103)104,54-106-44-36-63(91)29-17-12-15-27-61(89)31-20-23-41-109-79-57(2)73(98)76(101)67(50-86)113-79)55-107-45-37-70(95)83-39-25-38-82-69(94)33-21-24-42-110-80-58(3)74(99)77(102)68(51-87)114-80/h56-59,65-68,72-80,85-87,93,97-102H,4-55H2,1-3H3,(H,82,94)(H,83,95)(H,103,104)/q-1/t56?,57?,58?,59-,65+,66?,67?,68?,72?,73?,74?,75?,76?,77?,78?,79?,80?,81?/m0/s1. The van der Waals surface area contributed by atoms with Crippen molar-refractivity contribution in [2.24, 2.45) is 23.2 Å². The maximum absolute atomic E-state index is 14.2. The quantitative estimate of drug-likeness (QED) is 0.0225. The highest BCUT2D eigenvalue weighted by atomic mass is 31.2. The molecule has 33 nitrogen and oxygen atoms in total. The van der Waals surface area contributed by atoms with Crippen LogP contribution in [0.25, 0.3) is 0 Å². The number of hydrogen-bond donors (Lipinski definition) is 13. The molecule has 0 saturated carbocycles. The lowest BCUT2D eigenvalue weighted by Crippen LogP contribution is -2.55. The smallest absolute Gasteiger partial charge is 0.222 e. The summed E-state index contributed by atoms with van der Waals surface area (Å²) >= 11 is 0. The number of nitrogens with one attached hydrogen (secondary N) is 2. The molecule has 4 rings (SSSR count). The van der Waals surface area contributed by atoms with Gasteiger partial charge in [-0.15, -0.1) is 0 Å². The van der Waals surface area contributed by atoms with Crippen molar-refractivity contribution < 1.29 is 146 Å². The number of Topliss-reactive ketones (excluding diaryl/α,β-unsaturated/α-hetero) is 5. The molecule has 0 radical (unpaired) electrons. The molecule has 668 valence electrons. The first-order valence-corrected chi connectivity index (χ1v) is 44.1. The summed E-state index contributed by atoms with van der Waals surface area (Å²) < 4.78 is 69.3. The summed E-state index contributed by atoms with van der Waals surface area (Å²) in [6.07, 6.45) is 3.77. The minimum atomic E-state index is -3.99. The highest BCUT2D eigenvalue weighted by molar-refractivity contribution is 7.54. The molecule has 34 heteroatoms. The van der Waals surface area contributed by atoms with Crippen LogP contribution in [-0.2, 0) is 90.1 Å². The molecule has 0 aromatic carbocycles.